The normalized spacial score (nSPS) is 28.8. The number of piperidine rings is 2. The molecular formula is C33H42N4O2. The lowest BCUT2D eigenvalue weighted by molar-refractivity contribution is -0.142. The molecular weight excluding hydrogens is 484 g/mol. The first-order chi connectivity index (χ1) is 19.1. The number of aromatic nitrogens is 2. The number of rotatable bonds is 6. The van der Waals surface area contributed by atoms with Gasteiger partial charge in [-0.15, -0.1) is 0 Å². The van der Waals surface area contributed by atoms with E-state index in [9.17, 15) is 4.79 Å². The summed E-state index contributed by atoms with van der Waals surface area (Å²) >= 11 is 0. The maximum absolute atomic E-state index is 13.1. The lowest BCUT2D eigenvalue weighted by Gasteiger charge is -2.46. The van der Waals surface area contributed by atoms with E-state index < -0.39 is 0 Å². The number of imidazole rings is 1. The number of hydrogen-bond donors (Lipinski definition) is 0. The van der Waals surface area contributed by atoms with Gasteiger partial charge in [-0.2, -0.15) is 0 Å². The Morgan fingerprint density at radius 2 is 1.67 bits per heavy atom. The molecule has 4 saturated heterocycles. The standard InChI is InChI=1S/C33H42N4O2/c1-24-34-29-10-5-6-11-30(29)37(24)28-22-26-13-14-27(23-28)36(26)20-17-33(25-8-3-2-4-9-25)15-18-35(19-16-33)32(38)31-12-7-21-39-31/h2-6,8-11,26-28,31H,7,12-23H2,1H3/t26-,27+,28+,31?. The van der Waals surface area contributed by atoms with Gasteiger partial charge in [0.1, 0.15) is 11.9 Å². The number of hydrogen-bond acceptors (Lipinski definition) is 4. The van der Waals surface area contributed by atoms with E-state index in [0.29, 0.717) is 18.1 Å². The Kier molecular flexibility index (Phi) is 6.72. The van der Waals surface area contributed by atoms with Gasteiger partial charge in [0, 0.05) is 37.8 Å². The number of carbonyl (C=O) groups is 1. The second kappa shape index (κ2) is 10.4. The smallest absolute Gasteiger partial charge is 0.251 e. The molecule has 1 aromatic heterocycles. The highest BCUT2D eigenvalue weighted by atomic mass is 16.5. The maximum atomic E-state index is 13.1. The van der Waals surface area contributed by atoms with Crippen molar-refractivity contribution in [2.24, 2.45) is 0 Å². The number of nitrogens with zero attached hydrogens (tertiary/aromatic N) is 4. The van der Waals surface area contributed by atoms with E-state index in [1.807, 2.05) is 0 Å². The van der Waals surface area contributed by atoms with Crippen LogP contribution in [0, 0.1) is 6.92 Å². The molecule has 6 nitrogen and oxygen atoms in total. The fourth-order valence-corrected chi connectivity index (χ4v) is 8.40. The molecule has 0 N–H and O–H groups in total. The molecule has 3 aromatic rings. The van der Waals surface area contributed by atoms with Crippen molar-refractivity contribution in [2.45, 2.75) is 94.4 Å². The highest BCUT2D eigenvalue weighted by Crippen LogP contribution is 2.45. The van der Waals surface area contributed by atoms with Gasteiger partial charge < -0.3 is 14.2 Å². The van der Waals surface area contributed by atoms with E-state index >= 15 is 0 Å². The van der Waals surface area contributed by atoms with E-state index in [2.05, 4.69) is 75.9 Å². The van der Waals surface area contributed by atoms with Crippen molar-refractivity contribution in [3.63, 3.8) is 0 Å². The zero-order valence-corrected chi connectivity index (χ0v) is 23.3. The van der Waals surface area contributed by atoms with Gasteiger partial charge in [0.2, 0.25) is 0 Å². The first kappa shape index (κ1) is 25.3. The lowest BCUT2D eigenvalue weighted by Crippen LogP contribution is -2.50. The number of fused-ring (bicyclic) bond motifs is 3. The second-order valence-corrected chi connectivity index (χ2v) is 12.5. The third-order valence-electron chi connectivity index (χ3n) is 10.5. The molecule has 0 spiro atoms. The average Bonchev–Trinajstić information content (AvgIpc) is 3.68. The average molecular weight is 527 g/mol. The molecule has 5 heterocycles. The van der Waals surface area contributed by atoms with E-state index in [-0.39, 0.29) is 17.4 Å². The van der Waals surface area contributed by atoms with Gasteiger partial charge in [-0.1, -0.05) is 42.5 Å². The summed E-state index contributed by atoms with van der Waals surface area (Å²) in [5.41, 5.74) is 4.01. The Morgan fingerprint density at radius 3 is 2.38 bits per heavy atom. The highest BCUT2D eigenvalue weighted by molar-refractivity contribution is 5.81. The monoisotopic (exact) mass is 526 g/mol. The van der Waals surface area contributed by atoms with Crippen LogP contribution in [0.3, 0.4) is 0 Å². The molecule has 206 valence electrons. The first-order valence-electron chi connectivity index (χ1n) is 15.3. The molecule has 7 rings (SSSR count). The lowest BCUT2D eigenvalue weighted by atomic mass is 9.70. The number of para-hydroxylation sites is 2. The molecule has 4 fully saturated rings. The van der Waals surface area contributed by atoms with E-state index in [1.54, 1.807) is 0 Å². The molecule has 0 aliphatic carbocycles. The van der Waals surface area contributed by atoms with Crippen LogP contribution in [0.5, 0.6) is 0 Å². The van der Waals surface area contributed by atoms with Crippen molar-refractivity contribution < 1.29 is 9.53 Å². The van der Waals surface area contributed by atoms with Gasteiger partial charge >= 0.3 is 0 Å². The molecule has 2 bridgehead atoms. The Labute approximate surface area is 232 Å². The van der Waals surface area contributed by atoms with E-state index in [4.69, 9.17) is 9.72 Å². The third kappa shape index (κ3) is 4.59. The summed E-state index contributed by atoms with van der Waals surface area (Å²) in [7, 11) is 0. The van der Waals surface area contributed by atoms with Gasteiger partial charge in [0.05, 0.1) is 11.0 Å². The van der Waals surface area contributed by atoms with Crippen molar-refractivity contribution in [1.82, 2.24) is 19.4 Å². The van der Waals surface area contributed by atoms with Crippen LogP contribution in [0.2, 0.25) is 0 Å². The summed E-state index contributed by atoms with van der Waals surface area (Å²) in [4.78, 5) is 22.9. The van der Waals surface area contributed by atoms with E-state index in [1.165, 1.54) is 43.2 Å². The Bertz CT molecular complexity index is 1290. The number of amides is 1. The van der Waals surface area contributed by atoms with Gasteiger partial charge in [-0.3, -0.25) is 9.69 Å². The fraction of sp³-hybridized carbons (Fsp3) is 0.576. The largest absolute Gasteiger partial charge is 0.368 e. The maximum Gasteiger partial charge on any atom is 0.251 e. The summed E-state index contributed by atoms with van der Waals surface area (Å²) in [5.74, 6) is 1.37. The summed E-state index contributed by atoms with van der Waals surface area (Å²) in [6.45, 7) is 5.74. The molecule has 4 atom stereocenters. The summed E-state index contributed by atoms with van der Waals surface area (Å²) < 4.78 is 8.26. The molecule has 0 radical (unpaired) electrons. The van der Waals surface area contributed by atoms with Crippen LogP contribution in [0.15, 0.2) is 54.6 Å². The van der Waals surface area contributed by atoms with Crippen LogP contribution in [0.1, 0.15) is 75.2 Å². The zero-order valence-electron chi connectivity index (χ0n) is 23.3. The van der Waals surface area contributed by atoms with Gasteiger partial charge in [0.25, 0.3) is 5.91 Å². The number of carbonyl (C=O) groups excluding carboxylic acids is 1. The molecule has 1 amide bonds. The van der Waals surface area contributed by atoms with Crippen LogP contribution >= 0.6 is 0 Å². The van der Waals surface area contributed by atoms with Crippen LogP contribution in [0.4, 0.5) is 0 Å². The summed E-state index contributed by atoms with van der Waals surface area (Å²) in [5, 5.41) is 0. The van der Waals surface area contributed by atoms with Crippen LogP contribution < -0.4 is 0 Å². The molecule has 1 unspecified atom stereocenters. The minimum atomic E-state index is -0.206. The SMILES string of the molecule is Cc1nc2ccccc2n1[C@H]1C[C@H]2CC[C@@H](C1)N2CCC1(c2ccccc2)CCN(C(=O)C2CCCO2)CC1. The Balaban J connectivity index is 1.06. The number of likely N-dealkylation sites (tertiary alicyclic amines) is 1. The van der Waals surface area contributed by atoms with E-state index in [0.717, 1.165) is 63.3 Å². The van der Waals surface area contributed by atoms with Gasteiger partial charge in [0.15, 0.2) is 0 Å². The van der Waals surface area contributed by atoms with Crippen molar-refractivity contribution in [3.8, 4) is 0 Å². The molecule has 39 heavy (non-hydrogen) atoms. The van der Waals surface area contributed by atoms with Crippen LogP contribution in [-0.4, -0.2) is 69.7 Å². The first-order valence-corrected chi connectivity index (χ1v) is 15.3. The van der Waals surface area contributed by atoms with Crippen molar-refractivity contribution in [3.05, 3.63) is 66.0 Å². The third-order valence-corrected chi connectivity index (χ3v) is 10.5. The number of ether oxygens (including phenoxy) is 1. The second-order valence-electron chi connectivity index (χ2n) is 12.5. The topological polar surface area (TPSA) is 50.6 Å². The Morgan fingerprint density at radius 1 is 0.949 bits per heavy atom. The van der Waals surface area contributed by atoms with Crippen LogP contribution in [-0.2, 0) is 14.9 Å². The zero-order chi connectivity index (χ0) is 26.4. The van der Waals surface area contributed by atoms with Crippen molar-refractivity contribution in [2.75, 3.05) is 26.2 Å². The summed E-state index contributed by atoms with van der Waals surface area (Å²) in [6, 6.07) is 21.6. The molecule has 4 aliphatic heterocycles. The highest BCUT2D eigenvalue weighted by Gasteiger charge is 2.44. The molecule has 4 aliphatic rings. The predicted octanol–water partition coefficient (Wildman–Crippen LogP) is 5.64. The minimum absolute atomic E-state index is 0.141. The van der Waals surface area contributed by atoms with Crippen LogP contribution in [0.25, 0.3) is 11.0 Å². The number of benzene rings is 2. The molecule has 0 saturated carbocycles. The number of aryl methyl sites for hydroxylation is 1. The summed E-state index contributed by atoms with van der Waals surface area (Å²) in [6.07, 6.45) is 10.0. The Hall–Kier alpha value is -2.70. The quantitative estimate of drug-likeness (QED) is 0.417. The van der Waals surface area contributed by atoms with Crippen molar-refractivity contribution in [1.29, 1.82) is 0 Å². The molecule has 2 aromatic carbocycles. The van der Waals surface area contributed by atoms with Gasteiger partial charge in [-0.25, -0.2) is 4.98 Å². The fourth-order valence-electron chi connectivity index (χ4n) is 8.40. The minimum Gasteiger partial charge on any atom is -0.368 e. The molecule has 6 heteroatoms. The van der Waals surface area contributed by atoms with Crippen molar-refractivity contribution >= 4 is 16.9 Å². The van der Waals surface area contributed by atoms with Gasteiger partial charge in [-0.05, 0) is 94.4 Å². The predicted molar refractivity (Wildman–Crippen MR) is 154 cm³/mol.